The lowest BCUT2D eigenvalue weighted by atomic mass is 10.2. The van der Waals surface area contributed by atoms with Gasteiger partial charge < -0.3 is 20.1 Å². The van der Waals surface area contributed by atoms with Gasteiger partial charge in [0.2, 0.25) is 0 Å². The molecule has 2 N–H and O–H groups in total. The van der Waals surface area contributed by atoms with Gasteiger partial charge in [-0.3, -0.25) is 0 Å². The van der Waals surface area contributed by atoms with Crippen LogP contribution in [0.15, 0.2) is 23.2 Å². The molecule has 0 spiro atoms. The molecule has 0 aliphatic rings. The average Bonchev–Trinajstić information content (AvgIpc) is 2.55. The second kappa shape index (κ2) is 14.2. The van der Waals surface area contributed by atoms with Crippen molar-refractivity contribution in [3.05, 3.63) is 23.8 Å². The van der Waals surface area contributed by atoms with Crippen LogP contribution in [-0.2, 0) is 6.54 Å². The number of nitrogens with zero attached hydrogens (tertiary/aromatic N) is 1. The summed E-state index contributed by atoms with van der Waals surface area (Å²) in [6.45, 7) is 2.89. The minimum Gasteiger partial charge on any atom is -0.490 e. The summed E-state index contributed by atoms with van der Waals surface area (Å²) in [4.78, 5) is 4.43. The average molecular weight is 489 g/mol. The third kappa shape index (κ3) is 9.34. The van der Waals surface area contributed by atoms with Crippen LogP contribution in [0.1, 0.15) is 19.4 Å². The minimum atomic E-state index is -2.91. The molecule has 0 saturated carbocycles. The van der Waals surface area contributed by atoms with E-state index in [1.807, 2.05) is 13.2 Å². The molecule has 0 heterocycles. The van der Waals surface area contributed by atoms with Crippen LogP contribution in [0, 0.1) is 0 Å². The topological polar surface area (TPSA) is 54.9 Å². The van der Waals surface area contributed by atoms with Crippen molar-refractivity contribution in [2.45, 2.75) is 27.0 Å². The lowest BCUT2D eigenvalue weighted by Crippen LogP contribution is -2.38. The number of halogens is 3. The van der Waals surface area contributed by atoms with E-state index in [4.69, 9.17) is 4.74 Å². The Labute approximate surface area is 169 Å². The molecule has 0 radical (unpaired) electrons. The van der Waals surface area contributed by atoms with Crippen LogP contribution in [0.3, 0.4) is 0 Å². The first kappa shape index (κ1) is 24.0. The normalized spacial score (nSPS) is 11.0. The third-order valence-electron chi connectivity index (χ3n) is 2.92. The maximum absolute atomic E-state index is 12.7. The number of ether oxygens (including phenoxy) is 2. The van der Waals surface area contributed by atoms with Crippen molar-refractivity contribution < 1.29 is 18.3 Å². The smallest absolute Gasteiger partial charge is 0.387 e. The lowest BCUT2D eigenvalue weighted by molar-refractivity contribution is -0.0520. The fourth-order valence-corrected chi connectivity index (χ4v) is 2.26. The number of nitrogens with one attached hydrogen (secondary N) is 2. The quantitative estimate of drug-likeness (QED) is 0.227. The zero-order valence-electron chi connectivity index (χ0n) is 14.7. The second-order valence-electron chi connectivity index (χ2n) is 4.67. The number of benzene rings is 1. The van der Waals surface area contributed by atoms with E-state index in [0.29, 0.717) is 30.4 Å². The van der Waals surface area contributed by atoms with Crippen molar-refractivity contribution in [1.82, 2.24) is 10.6 Å². The number of aliphatic imine (C=N–C) groups is 1. The van der Waals surface area contributed by atoms with Crippen LogP contribution in [0.2, 0.25) is 0 Å². The van der Waals surface area contributed by atoms with Crippen molar-refractivity contribution in [1.29, 1.82) is 0 Å². The highest BCUT2D eigenvalue weighted by Gasteiger charge is 2.15. The molecule has 1 aromatic rings. The van der Waals surface area contributed by atoms with Crippen molar-refractivity contribution in [2.75, 3.05) is 31.7 Å². The monoisotopic (exact) mass is 489 g/mol. The molecule has 0 atom stereocenters. The van der Waals surface area contributed by atoms with E-state index >= 15 is 0 Å². The molecular formula is C16H26F2IN3O2S. The first-order chi connectivity index (χ1) is 11.6. The number of hydrogen-bond acceptors (Lipinski definition) is 4. The van der Waals surface area contributed by atoms with Gasteiger partial charge in [0.1, 0.15) is 0 Å². The Bertz CT molecular complexity index is 522. The van der Waals surface area contributed by atoms with E-state index in [9.17, 15) is 8.78 Å². The maximum Gasteiger partial charge on any atom is 0.387 e. The first-order valence-electron chi connectivity index (χ1n) is 7.82. The van der Waals surface area contributed by atoms with Gasteiger partial charge in [0, 0.05) is 24.4 Å². The Balaban J connectivity index is 0.00000576. The standard InChI is InChI=1S/C16H25F2N3O2S.HI/c1-4-19-16(20-9-10-24-3)21-11-12-7-6-8-13(22-5-2)14(12)23-15(17)18;/h6-8,15H,4-5,9-11H2,1-3H3,(H2,19,20,21);1H. The summed E-state index contributed by atoms with van der Waals surface area (Å²) in [6, 6.07) is 5.05. The van der Waals surface area contributed by atoms with Gasteiger partial charge in [-0.15, -0.1) is 24.0 Å². The molecule has 0 amide bonds. The highest BCUT2D eigenvalue weighted by molar-refractivity contribution is 14.0. The van der Waals surface area contributed by atoms with Gasteiger partial charge >= 0.3 is 6.61 Å². The van der Waals surface area contributed by atoms with Gasteiger partial charge in [-0.2, -0.15) is 20.5 Å². The predicted octanol–water partition coefficient (Wildman–Crippen LogP) is 3.72. The molecule has 0 unspecified atom stereocenters. The number of hydrogen-bond donors (Lipinski definition) is 2. The molecule has 0 bridgehead atoms. The Morgan fingerprint density at radius 1 is 1.28 bits per heavy atom. The molecule has 0 aliphatic heterocycles. The predicted molar refractivity (Wildman–Crippen MR) is 111 cm³/mol. The van der Waals surface area contributed by atoms with Crippen LogP contribution in [0.25, 0.3) is 0 Å². The van der Waals surface area contributed by atoms with Crippen LogP contribution >= 0.6 is 35.7 Å². The van der Waals surface area contributed by atoms with E-state index in [0.717, 1.165) is 12.3 Å². The fourth-order valence-electron chi connectivity index (χ4n) is 1.96. The van der Waals surface area contributed by atoms with E-state index in [-0.39, 0.29) is 36.3 Å². The van der Waals surface area contributed by atoms with Crippen LogP contribution in [0.4, 0.5) is 8.78 Å². The molecule has 25 heavy (non-hydrogen) atoms. The SMILES string of the molecule is CCNC(=NCc1cccc(OCC)c1OC(F)F)NCCSC.I. The Hall–Kier alpha value is -0.970. The summed E-state index contributed by atoms with van der Waals surface area (Å²) in [6.07, 6.45) is 2.03. The summed E-state index contributed by atoms with van der Waals surface area (Å²) in [7, 11) is 0. The number of thioether (sulfide) groups is 1. The maximum atomic E-state index is 12.7. The van der Waals surface area contributed by atoms with Gasteiger partial charge in [-0.25, -0.2) is 4.99 Å². The lowest BCUT2D eigenvalue weighted by Gasteiger charge is -2.15. The van der Waals surface area contributed by atoms with E-state index in [2.05, 4.69) is 20.4 Å². The Kier molecular flexibility index (Phi) is 13.7. The van der Waals surface area contributed by atoms with E-state index < -0.39 is 6.61 Å². The highest BCUT2D eigenvalue weighted by Crippen LogP contribution is 2.33. The zero-order chi connectivity index (χ0) is 17.8. The largest absolute Gasteiger partial charge is 0.490 e. The molecule has 5 nitrogen and oxygen atoms in total. The third-order valence-corrected chi connectivity index (χ3v) is 3.53. The van der Waals surface area contributed by atoms with Crippen LogP contribution in [-0.4, -0.2) is 44.3 Å². The van der Waals surface area contributed by atoms with E-state index in [1.165, 1.54) is 0 Å². The summed E-state index contributed by atoms with van der Waals surface area (Å²) in [5.74, 6) is 1.92. The zero-order valence-corrected chi connectivity index (χ0v) is 17.8. The molecule has 1 aromatic carbocycles. The molecule has 9 heteroatoms. The number of rotatable bonds is 10. The molecule has 0 saturated heterocycles. The summed E-state index contributed by atoms with van der Waals surface area (Å²) >= 11 is 1.73. The van der Waals surface area contributed by atoms with Gasteiger partial charge in [-0.1, -0.05) is 12.1 Å². The van der Waals surface area contributed by atoms with Crippen LogP contribution < -0.4 is 20.1 Å². The molecule has 0 aliphatic carbocycles. The first-order valence-corrected chi connectivity index (χ1v) is 9.22. The number of guanidine groups is 1. The van der Waals surface area contributed by atoms with E-state index in [1.54, 1.807) is 36.9 Å². The van der Waals surface area contributed by atoms with Gasteiger partial charge in [0.05, 0.1) is 13.2 Å². The summed E-state index contributed by atoms with van der Waals surface area (Å²) < 4.78 is 35.4. The van der Waals surface area contributed by atoms with Gasteiger partial charge in [-0.05, 0) is 26.2 Å². The van der Waals surface area contributed by atoms with Crippen molar-refractivity contribution >= 4 is 41.7 Å². The minimum absolute atomic E-state index is 0. The van der Waals surface area contributed by atoms with Crippen LogP contribution in [0.5, 0.6) is 11.5 Å². The number of alkyl halides is 2. The second-order valence-corrected chi connectivity index (χ2v) is 5.66. The van der Waals surface area contributed by atoms with Crippen molar-refractivity contribution in [3.8, 4) is 11.5 Å². The van der Waals surface area contributed by atoms with Gasteiger partial charge in [0.15, 0.2) is 17.5 Å². The molecule has 144 valence electrons. The fraction of sp³-hybridized carbons (Fsp3) is 0.562. The van der Waals surface area contributed by atoms with Gasteiger partial charge in [0.25, 0.3) is 0 Å². The van der Waals surface area contributed by atoms with Crippen molar-refractivity contribution in [3.63, 3.8) is 0 Å². The number of para-hydroxylation sites is 1. The molecule has 1 rings (SSSR count). The summed E-state index contributed by atoms with van der Waals surface area (Å²) in [5, 5.41) is 6.31. The molecule has 0 aromatic heterocycles. The Morgan fingerprint density at radius 3 is 2.64 bits per heavy atom. The highest BCUT2D eigenvalue weighted by atomic mass is 127. The Morgan fingerprint density at radius 2 is 2.04 bits per heavy atom. The van der Waals surface area contributed by atoms with Crippen molar-refractivity contribution in [2.24, 2.45) is 4.99 Å². The molecule has 0 fully saturated rings. The molecular weight excluding hydrogens is 463 g/mol. The summed E-state index contributed by atoms with van der Waals surface area (Å²) in [5.41, 5.74) is 0.545.